The number of ether oxygens (including phenoxy) is 2. The summed E-state index contributed by atoms with van der Waals surface area (Å²) in [6.45, 7) is 0. The Bertz CT molecular complexity index is 1210. The monoisotopic (exact) mass is 484 g/mol. The van der Waals surface area contributed by atoms with Gasteiger partial charge in [-0.3, -0.25) is 29.8 Å². The number of esters is 2. The highest BCUT2D eigenvalue weighted by Crippen LogP contribution is 2.25. The predicted molar refractivity (Wildman–Crippen MR) is 121 cm³/mol. The van der Waals surface area contributed by atoms with Crippen LogP contribution in [-0.2, 0) is 16.0 Å². The number of nitro groups is 2. The van der Waals surface area contributed by atoms with Crippen LogP contribution in [0, 0.1) is 26.1 Å². The molecule has 0 aromatic heterocycles. The van der Waals surface area contributed by atoms with E-state index in [1.165, 1.54) is 48.5 Å². The maximum Gasteiger partial charge on any atom is 0.315 e. The molecule has 0 fully saturated rings. The molecule has 0 aliphatic heterocycles. The predicted octanol–water partition coefficient (Wildman–Crippen LogP) is 4.92. The molecule has 0 saturated carbocycles. The molecule has 34 heavy (non-hydrogen) atoms. The van der Waals surface area contributed by atoms with Crippen molar-refractivity contribution in [2.45, 2.75) is 12.8 Å². The van der Waals surface area contributed by atoms with Crippen LogP contribution in [0.1, 0.15) is 12.0 Å². The van der Waals surface area contributed by atoms with Gasteiger partial charge in [-0.1, -0.05) is 29.8 Å². The third-order valence-corrected chi connectivity index (χ3v) is 5.08. The van der Waals surface area contributed by atoms with E-state index in [1.807, 2.05) is 0 Å². The van der Waals surface area contributed by atoms with Gasteiger partial charge in [0.05, 0.1) is 22.2 Å². The molecule has 1 unspecified atom stereocenters. The van der Waals surface area contributed by atoms with Crippen molar-refractivity contribution in [2.24, 2.45) is 5.92 Å². The Kier molecular flexibility index (Phi) is 7.88. The quantitative estimate of drug-likeness (QED) is 0.180. The van der Waals surface area contributed by atoms with Crippen LogP contribution in [0.3, 0.4) is 0 Å². The van der Waals surface area contributed by atoms with Gasteiger partial charge in [0.1, 0.15) is 11.5 Å². The molecular formula is C23H17ClN2O8. The first kappa shape index (κ1) is 24.3. The first-order chi connectivity index (χ1) is 16.2. The fraction of sp³-hybridized carbons (Fsp3) is 0.130. The van der Waals surface area contributed by atoms with E-state index in [1.54, 1.807) is 24.3 Å². The van der Waals surface area contributed by atoms with Crippen molar-refractivity contribution >= 4 is 34.9 Å². The largest absolute Gasteiger partial charge is 0.427 e. The van der Waals surface area contributed by atoms with Gasteiger partial charge in [-0.25, -0.2) is 0 Å². The molecule has 3 rings (SSSR count). The molecule has 0 spiro atoms. The fourth-order valence-corrected chi connectivity index (χ4v) is 3.23. The number of halogens is 1. The van der Waals surface area contributed by atoms with Crippen LogP contribution in [0.4, 0.5) is 11.4 Å². The second kappa shape index (κ2) is 11.0. The third kappa shape index (κ3) is 6.59. The van der Waals surface area contributed by atoms with Crippen LogP contribution in [0.5, 0.6) is 11.5 Å². The highest BCUT2D eigenvalue weighted by atomic mass is 35.5. The van der Waals surface area contributed by atoms with Crippen molar-refractivity contribution in [2.75, 3.05) is 0 Å². The van der Waals surface area contributed by atoms with E-state index in [9.17, 15) is 29.8 Å². The second-order valence-corrected chi connectivity index (χ2v) is 7.50. The lowest BCUT2D eigenvalue weighted by atomic mass is 9.96. The van der Waals surface area contributed by atoms with Crippen LogP contribution >= 0.6 is 11.6 Å². The van der Waals surface area contributed by atoms with Gasteiger partial charge >= 0.3 is 11.9 Å². The van der Waals surface area contributed by atoms with E-state index in [0.29, 0.717) is 10.6 Å². The zero-order valence-corrected chi connectivity index (χ0v) is 18.2. The first-order valence-corrected chi connectivity index (χ1v) is 10.3. The van der Waals surface area contributed by atoms with E-state index < -0.39 is 27.7 Å². The zero-order valence-electron chi connectivity index (χ0n) is 17.5. The Hall–Kier alpha value is -4.31. The van der Waals surface area contributed by atoms with Crippen LogP contribution in [-0.4, -0.2) is 21.8 Å². The summed E-state index contributed by atoms with van der Waals surface area (Å²) < 4.78 is 10.5. The highest BCUT2D eigenvalue weighted by molar-refractivity contribution is 6.31. The number of benzene rings is 3. The summed E-state index contributed by atoms with van der Waals surface area (Å²) in [5, 5.41) is 22.0. The van der Waals surface area contributed by atoms with E-state index in [-0.39, 0.29) is 35.7 Å². The first-order valence-electron chi connectivity index (χ1n) is 9.87. The Morgan fingerprint density at radius 2 is 1.29 bits per heavy atom. The number of nitro benzene ring substituents is 2. The molecule has 0 aliphatic carbocycles. The molecular weight excluding hydrogens is 468 g/mol. The smallest absolute Gasteiger partial charge is 0.315 e. The van der Waals surface area contributed by atoms with Crippen molar-refractivity contribution in [3.63, 3.8) is 0 Å². The number of carbonyl (C=O) groups is 2. The van der Waals surface area contributed by atoms with Gasteiger partial charge in [0.25, 0.3) is 11.4 Å². The summed E-state index contributed by atoms with van der Waals surface area (Å²) in [5.41, 5.74) is 0.278. The van der Waals surface area contributed by atoms with E-state index in [4.69, 9.17) is 21.1 Å². The molecule has 0 radical (unpaired) electrons. The average Bonchev–Trinajstić information content (AvgIpc) is 2.80. The van der Waals surface area contributed by atoms with Crippen molar-refractivity contribution in [3.05, 3.63) is 104 Å². The fourth-order valence-electron chi connectivity index (χ4n) is 3.01. The topological polar surface area (TPSA) is 139 Å². The molecule has 3 aromatic rings. The summed E-state index contributed by atoms with van der Waals surface area (Å²) >= 11 is 6.20. The molecule has 1 atom stereocenters. The Labute approximate surface area is 198 Å². The van der Waals surface area contributed by atoms with Crippen LogP contribution in [0.15, 0.2) is 72.8 Å². The van der Waals surface area contributed by atoms with Gasteiger partial charge < -0.3 is 9.47 Å². The lowest BCUT2D eigenvalue weighted by Gasteiger charge is -2.16. The van der Waals surface area contributed by atoms with Crippen LogP contribution < -0.4 is 9.47 Å². The minimum atomic E-state index is -0.986. The van der Waals surface area contributed by atoms with Gasteiger partial charge in [-0.05, 0) is 42.3 Å². The zero-order chi connectivity index (χ0) is 24.7. The normalized spacial score (nSPS) is 11.3. The maximum atomic E-state index is 12.9. The summed E-state index contributed by atoms with van der Waals surface area (Å²) in [4.78, 5) is 45.8. The number of hydrogen-bond acceptors (Lipinski definition) is 8. The highest BCUT2D eigenvalue weighted by Gasteiger charge is 2.27. The molecule has 174 valence electrons. The lowest BCUT2D eigenvalue weighted by molar-refractivity contribution is -0.385. The molecule has 0 bridgehead atoms. The van der Waals surface area contributed by atoms with Gasteiger partial charge in [0.15, 0.2) is 0 Å². The summed E-state index contributed by atoms with van der Waals surface area (Å²) in [6, 6.07) is 16.6. The van der Waals surface area contributed by atoms with Gasteiger partial charge in [0.2, 0.25) is 0 Å². The van der Waals surface area contributed by atoms with Gasteiger partial charge in [-0.2, -0.15) is 0 Å². The number of hydrogen-bond donors (Lipinski definition) is 0. The van der Waals surface area contributed by atoms with Crippen LogP contribution in [0.25, 0.3) is 0 Å². The summed E-state index contributed by atoms with van der Waals surface area (Å²) in [5.74, 6) is -2.35. The molecule has 10 nitrogen and oxygen atoms in total. The van der Waals surface area contributed by atoms with Gasteiger partial charge in [-0.15, -0.1) is 0 Å². The molecule has 3 aromatic carbocycles. The third-order valence-electron chi connectivity index (χ3n) is 4.72. The Morgan fingerprint density at radius 3 is 1.79 bits per heavy atom. The number of rotatable bonds is 9. The van der Waals surface area contributed by atoms with Crippen molar-refractivity contribution in [1.29, 1.82) is 0 Å². The molecule has 0 aliphatic rings. The van der Waals surface area contributed by atoms with Crippen molar-refractivity contribution in [1.82, 2.24) is 0 Å². The number of carbonyl (C=O) groups excluding carboxylic acids is 2. The van der Waals surface area contributed by atoms with E-state index in [2.05, 4.69) is 0 Å². The standard InChI is InChI=1S/C23H17ClN2O8/c24-21-4-2-1-3-15(21)13-16(23(28)34-20-11-7-18(8-12-20)26(31)32)14-22(27)33-19-9-5-17(6-10-19)25(29)30/h1-12,16H,13-14H2. The Morgan fingerprint density at radius 1 is 0.794 bits per heavy atom. The number of nitrogens with zero attached hydrogens (tertiary/aromatic N) is 2. The molecule has 0 saturated heterocycles. The summed E-state index contributed by atoms with van der Waals surface area (Å²) in [7, 11) is 0. The van der Waals surface area contributed by atoms with E-state index in [0.717, 1.165) is 0 Å². The Balaban J connectivity index is 1.74. The van der Waals surface area contributed by atoms with E-state index >= 15 is 0 Å². The minimum Gasteiger partial charge on any atom is -0.427 e. The van der Waals surface area contributed by atoms with Crippen molar-refractivity contribution in [3.8, 4) is 11.5 Å². The SMILES string of the molecule is O=C(CC(Cc1ccccc1Cl)C(=O)Oc1ccc([N+](=O)[O-])cc1)Oc1ccc([N+](=O)[O-])cc1. The van der Waals surface area contributed by atoms with Crippen molar-refractivity contribution < 1.29 is 28.9 Å². The lowest BCUT2D eigenvalue weighted by Crippen LogP contribution is -2.27. The summed E-state index contributed by atoms with van der Waals surface area (Å²) in [6.07, 6.45) is -0.297. The minimum absolute atomic E-state index is 0.0703. The van der Waals surface area contributed by atoms with Crippen LogP contribution in [0.2, 0.25) is 5.02 Å². The molecule has 0 N–H and O–H groups in total. The molecule has 11 heteroatoms. The number of non-ortho nitro benzene ring substituents is 2. The van der Waals surface area contributed by atoms with Gasteiger partial charge in [0, 0.05) is 29.3 Å². The second-order valence-electron chi connectivity index (χ2n) is 7.09. The molecule has 0 heterocycles. The average molecular weight is 485 g/mol. The molecule has 0 amide bonds. The maximum absolute atomic E-state index is 12.9.